The molecule has 4 heteroatoms. The van der Waals surface area contributed by atoms with Gasteiger partial charge < -0.3 is 15.3 Å². The van der Waals surface area contributed by atoms with Crippen LogP contribution in [0.3, 0.4) is 0 Å². The second-order valence-electron chi connectivity index (χ2n) is 8.36. The number of ketones is 1. The molecule has 0 aliphatic carbocycles. The average Bonchev–Trinajstić information content (AvgIpc) is 2.69. The van der Waals surface area contributed by atoms with Crippen LogP contribution >= 0.6 is 0 Å². The van der Waals surface area contributed by atoms with Crippen LogP contribution in [0.1, 0.15) is 120 Å². The molecule has 1 aromatic rings. The highest BCUT2D eigenvalue weighted by molar-refractivity contribution is 6.00. The number of benzene rings is 1. The molecule has 0 heterocycles. The molecular weight excluding hydrogens is 376 g/mol. The van der Waals surface area contributed by atoms with Gasteiger partial charge in [-0.3, -0.25) is 4.79 Å². The first kappa shape index (κ1) is 26.1. The van der Waals surface area contributed by atoms with Crippen molar-refractivity contribution in [2.45, 2.75) is 110 Å². The molecule has 0 aromatic heterocycles. The van der Waals surface area contributed by atoms with Crippen molar-refractivity contribution < 1.29 is 20.1 Å². The third-order valence-corrected chi connectivity index (χ3v) is 5.65. The summed E-state index contributed by atoms with van der Waals surface area (Å²) >= 11 is 0. The summed E-state index contributed by atoms with van der Waals surface area (Å²) in [4.78, 5) is 11.6. The predicted octanol–water partition coefficient (Wildman–Crippen LogP) is 7.59. The summed E-state index contributed by atoms with van der Waals surface area (Å²) in [5, 5.41) is 29.9. The van der Waals surface area contributed by atoms with Gasteiger partial charge in [-0.05, 0) is 45.4 Å². The van der Waals surface area contributed by atoms with E-state index in [-0.39, 0.29) is 22.8 Å². The highest BCUT2D eigenvalue weighted by Gasteiger charge is 2.19. The van der Waals surface area contributed by atoms with Gasteiger partial charge in [0.25, 0.3) is 0 Å². The van der Waals surface area contributed by atoms with Crippen LogP contribution in [-0.2, 0) is 6.42 Å². The van der Waals surface area contributed by atoms with E-state index in [1.165, 1.54) is 77.6 Å². The van der Waals surface area contributed by atoms with Gasteiger partial charge in [0.2, 0.25) is 0 Å². The van der Waals surface area contributed by atoms with Gasteiger partial charge in [-0.2, -0.15) is 0 Å². The molecule has 3 N–H and O–H groups in total. The third kappa shape index (κ3) is 10.2. The number of allylic oxidation sites excluding steroid dienone is 2. The van der Waals surface area contributed by atoms with Gasteiger partial charge in [-0.15, -0.1) is 0 Å². The molecule has 1 rings (SSSR count). The largest absolute Gasteiger partial charge is 0.507 e. The molecule has 4 nitrogen and oxygen atoms in total. The molecular formula is C26H42O4. The van der Waals surface area contributed by atoms with E-state index in [2.05, 4.69) is 19.1 Å². The van der Waals surface area contributed by atoms with Crippen molar-refractivity contribution in [3.05, 3.63) is 29.3 Å². The lowest BCUT2D eigenvalue weighted by Crippen LogP contribution is -1.98. The van der Waals surface area contributed by atoms with E-state index in [1.54, 1.807) is 0 Å². The second kappa shape index (κ2) is 15.8. The number of carbonyl (C=O) groups is 1. The van der Waals surface area contributed by atoms with Gasteiger partial charge >= 0.3 is 0 Å². The van der Waals surface area contributed by atoms with E-state index >= 15 is 0 Å². The molecule has 0 amide bonds. The van der Waals surface area contributed by atoms with E-state index in [4.69, 9.17) is 0 Å². The summed E-state index contributed by atoms with van der Waals surface area (Å²) in [5.41, 5.74) is 0.251. The van der Waals surface area contributed by atoms with Crippen LogP contribution in [0.4, 0.5) is 0 Å². The lowest BCUT2D eigenvalue weighted by atomic mass is 9.98. The van der Waals surface area contributed by atoms with E-state index in [0.29, 0.717) is 12.0 Å². The van der Waals surface area contributed by atoms with Crippen LogP contribution in [0, 0.1) is 0 Å². The Balaban J connectivity index is 2.09. The van der Waals surface area contributed by atoms with Crippen molar-refractivity contribution in [1.82, 2.24) is 0 Å². The van der Waals surface area contributed by atoms with Crippen molar-refractivity contribution in [1.29, 1.82) is 0 Å². The number of Topliss-reactive ketones (excluding diaryl/α,β-unsaturated/α-hetero) is 1. The van der Waals surface area contributed by atoms with Gasteiger partial charge in [-0.1, -0.05) is 76.9 Å². The fourth-order valence-electron chi connectivity index (χ4n) is 3.83. The van der Waals surface area contributed by atoms with Crippen LogP contribution in [-0.4, -0.2) is 21.1 Å². The number of phenols is 3. The summed E-state index contributed by atoms with van der Waals surface area (Å²) in [6.45, 7) is 3.54. The zero-order valence-corrected chi connectivity index (χ0v) is 19.1. The van der Waals surface area contributed by atoms with E-state index in [1.807, 2.05) is 0 Å². The number of phenolic OH excluding ortho intramolecular Hbond substituents is 3. The fourth-order valence-corrected chi connectivity index (χ4v) is 3.83. The average molecular weight is 419 g/mol. The van der Waals surface area contributed by atoms with Crippen molar-refractivity contribution in [2.75, 3.05) is 0 Å². The Morgan fingerprint density at radius 3 is 1.80 bits per heavy atom. The smallest absolute Gasteiger partial charge is 0.167 e. The summed E-state index contributed by atoms with van der Waals surface area (Å²) in [6, 6.07) is 1.14. The molecule has 0 saturated heterocycles. The van der Waals surface area contributed by atoms with Crippen LogP contribution in [0.15, 0.2) is 18.2 Å². The maximum absolute atomic E-state index is 11.6. The van der Waals surface area contributed by atoms with Crippen LogP contribution < -0.4 is 0 Å². The number of hydrogen-bond donors (Lipinski definition) is 3. The maximum atomic E-state index is 11.6. The first-order chi connectivity index (χ1) is 14.5. The number of carbonyl (C=O) groups excluding carboxylic acids is 1. The maximum Gasteiger partial charge on any atom is 0.167 e. The van der Waals surface area contributed by atoms with Gasteiger partial charge in [0.05, 0.1) is 0 Å². The van der Waals surface area contributed by atoms with Gasteiger partial charge in [0, 0.05) is 11.6 Å². The molecule has 0 saturated carbocycles. The van der Waals surface area contributed by atoms with Gasteiger partial charge in [-0.25, -0.2) is 0 Å². The molecule has 30 heavy (non-hydrogen) atoms. The predicted molar refractivity (Wildman–Crippen MR) is 125 cm³/mol. The summed E-state index contributed by atoms with van der Waals surface area (Å²) in [7, 11) is 0. The van der Waals surface area contributed by atoms with Gasteiger partial charge in [0.1, 0.15) is 22.8 Å². The molecule has 170 valence electrons. The Morgan fingerprint density at radius 1 is 0.767 bits per heavy atom. The normalized spacial score (nSPS) is 11.4. The fraction of sp³-hybridized carbons (Fsp3) is 0.654. The zero-order valence-electron chi connectivity index (χ0n) is 19.1. The Morgan fingerprint density at radius 2 is 1.27 bits per heavy atom. The summed E-state index contributed by atoms with van der Waals surface area (Å²) < 4.78 is 0. The standard InChI is InChI=1S/C26H42O4/c1-3-4-5-6-7-8-9-10-11-12-13-14-15-16-17-18-19-22-23(28)20-24(29)25(21(2)27)26(22)30/h10-11,20,28-30H,3-9,12-19H2,1-2H3/b11-10-. The summed E-state index contributed by atoms with van der Waals surface area (Å²) in [5.74, 6) is -1.22. The van der Waals surface area contributed by atoms with E-state index in [9.17, 15) is 20.1 Å². The van der Waals surface area contributed by atoms with Gasteiger partial charge in [0.15, 0.2) is 5.78 Å². The molecule has 0 spiro atoms. The quantitative estimate of drug-likeness (QED) is 0.138. The first-order valence-electron chi connectivity index (χ1n) is 11.9. The van der Waals surface area contributed by atoms with Crippen LogP contribution in [0.25, 0.3) is 0 Å². The van der Waals surface area contributed by atoms with Crippen LogP contribution in [0.5, 0.6) is 17.2 Å². The minimum absolute atomic E-state index is 0.104. The molecule has 1 aromatic carbocycles. The molecule has 0 unspecified atom stereocenters. The SMILES string of the molecule is CCCCCCCC/C=C\CCCCCCCCc1c(O)cc(O)c(C(C)=O)c1O. The lowest BCUT2D eigenvalue weighted by Gasteiger charge is -2.12. The van der Waals surface area contributed by atoms with Crippen molar-refractivity contribution in [3.8, 4) is 17.2 Å². The molecule has 0 bridgehead atoms. The number of rotatable bonds is 17. The second-order valence-corrected chi connectivity index (χ2v) is 8.36. The minimum atomic E-state index is -0.410. The first-order valence-corrected chi connectivity index (χ1v) is 11.9. The Hall–Kier alpha value is -1.97. The highest BCUT2D eigenvalue weighted by atomic mass is 16.3. The molecule has 0 aliphatic rings. The lowest BCUT2D eigenvalue weighted by molar-refractivity contribution is 0.101. The molecule has 0 radical (unpaired) electrons. The topological polar surface area (TPSA) is 77.8 Å². The Labute approximate surface area is 183 Å². The van der Waals surface area contributed by atoms with E-state index < -0.39 is 5.78 Å². The number of unbranched alkanes of at least 4 members (excludes halogenated alkanes) is 12. The summed E-state index contributed by atoms with van der Waals surface area (Å²) in [6.07, 6.45) is 22.3. The van der Waals surface area contributed by atoms with Crippen molar-refractivity contribution in [2.24, 2.45) is 0 Å². The number of hydrogen-bond acceptors (Lipinski definition) is 4. The van der Waals surface area contributed by atoms with Crippen molar-refractivity contribution >= 4 is 5.78 Å². The highest BCUT2D eigenvalue weighted by Crippen LogP contribution is 2.38. The van der Waals surface area contributed by atoms with Crippen LogP contribution in [0.2, 0.25) is 0 Å². The zero-order chi connectivity index (χ0) is 22.2. The Kier molecular flexibility index (Phi) is 13.7. The minimum Gasteiger partial charge on any atom is -0.507 e. The molecule has 0 atom stereocenters. The van der Waals surface area contributed by atoms with E-state index in [0.717, 1.165) is 25.3 Å². The monoisotopic (exact) mass is 418 g/mol. The van der Waals surface area contributed by atoms with Crippen molar-refractivity contribution in [3.63, 3.8) is 0 Å². The molecule has 0 fully saturated rings. The third-order valence-electron chi connectivity index (χ3n) is 5.65. The number of aromatic hydroxyl groups is 3. The Bertz CT molecular complexity index is 649. The molecule has 0 aliphatic heterocycles.